The second-order valence-electron chi connectivity index (χ2n) is 5.18. The lowest BCUT2D eigenvalue weighted by Gasteiger charge is -2.35. The van der Waals surface area contributed by atoms with Gasteiger partial charge in [-0.1, -0.05) is 0 Å². The lowest BCUT2D eigenvalue weighted by Crippen LogP contribution is -2.47. The summed E-state index contributed by atoms with van der Waals surface area (Å²) >= 11 is 0. The number of ether oxygens (including phenoxy) is 1. The largest absolute Gasteiger partial charge is 0.388 e. The molecule has 1 aromatic rings. The Morgan fingerprint density at radius 3 is 2.84 bits per heavy atom. The van der Waals surface area contributed by atoms with Gasteiger partial charge in [-0.15, -0.1) is 0 Å². The molecule has 0 saturated carbocycles. The second kappa shape index (κ2) is 5.75. The molecule has 0 atom stereocenters. The van der Waals surface area contributed by atoms with Crippen molar-refractivity contribution in [2.45, 2.75) is 31.9 Å². The van der Waals surface area contributed by atoms with Crippen LogP contribution in [-0.4, -0.2) is 52.9 Å². The average Bonchev–Trinajstić information content (AvgIpc) is 2.86. The van der Waals surface area contributed by atoms with Gasteiger partial charge in [0.05, 0.1) is 5.60 Å². The molecule has 1 N–H and O–H groups in total. The maximum Gasteiger partial charge on any atom is 0.270 e. The van der Waals surface area contributed by atoms with Gasteiger partial charge in [-0.05, 0) is 19.1 Å². The quantitative estimate of drug-likeness (QED) is 0.888. The van der Waals surface area contributed by atoms with Gasteiger partial charge in [0.15, 0.2) is 0 Å². The van der Waals surface area contributed by atoms with Crippen LogP contribution in [0.15, 0.2) is 18.3 Å². The molecule has 5 nitrogen and oxygen atoms in total. The van der Waals surface area contributed by atoms with Crippen molar-refractivity contribution in [2.24, 2.45) is 0 Å². The highest BCUT2D eigenvalue weighted by Gasteiger charge is 2.32. The Morgan fingerprint density at radius 1 is 1.53 bits per heavy atom. The van der Waals surface area contributed by atoms with Gasteiger partial charge in [0.25, 0.3) is 5.91 Å². The fourth-order valence-corrected chi connectivity index (χ4v) is 2.50. The van der Waals surface area contributed by atoms with Gasteiger partial charge in [-0.2, -0.15) is 0 Å². The first-order valence-electron chi connectivity index (χ1n) is 6.76. The monoisotopic (exact) mass is 266 g/mol. The number of hydrogen-bond donors (Lipinski definition) is 1. The zero-order valence-corrected chi connectivity index (χ0v) is 11.6. The van der Waals surface area contributed by atoms with Crippen molar-refractivity contribution in [1.29, 1.82) is 0 Å². The van der Waals surface area contributed by atoms with Gasteiger partial charge in [0, 0.05) is 52.4 Å². The zero-order valence-electron chi connectivity index (χ0n) is 11.6. The summed E-state index contributed by atoms with van der Waals surface area (Å²) < 4.78 is 7.16. The van der Waals surface area contributed by atoms with Crippen LogP contribution in [-0.2, 0) is 11.3 Å². The summed E-state index contributed by atoms with van der Waals surface area (Å²) in [5.41, 5.74) is -0.146. The van der Waals surface area contributed by atoms with Crippen molar-refractivity contribution in [2.75, 3.05) is 26.8 Å². The lowest BCUT2D eigenvalue weighted by atomic mass is 9.94. The van der Waals surface area contributed by atoms with Gasteiger partial charge in [0.2, 0.25) is 0 Å². The molecule has 1 amide bonds. The summed E-state index contributed by atoms with van der Waals surface area (Å²) in [5, 5.41) is 10.4. The molecule has 5 heteroatoms. The summed E-state index contributed by atoms with van der Waals surface area (Å²) in [6.07, 6.45) is 3.06. The van der Waals surface area contributed by atoms with Crippen molar-refractivity contribution in [3.8, 4) is 0 Å². The Labute approximate surface area is 113 Å². The van der Waals surface area contributed by atoms with Crippen molar-refractivity contribution in [3.05, 3.63) is 24.0 Å². The number of amides is 1. The van der Waals surface area contributed by atoms with Crippen LogP contribution in [0.4, 0.5) is 0 Å². The van der Waals surface area contributed by atoms with E-state index in [9.17, 15) is 9.90 Å². The molecule has 0 aliphatic carbocycles. The molecule has 2 heterocycles. The van der Waals surface area contributed by atoms with E-state index in [1.165, 1.54) is 0 Å². The molecule has 2 rings (SSSR count). The van der Waals surface area contributed by atoms with E-state index < -0.39 is 5.60 Å². The van der Waals surface area contributed by atoms with Crippen molar-refractivity contribution >= 4 is 5.91 Å². The molecule has 0 unspecified atom stereocenters. The maximum absolute atomic E-state index is 12.4. The molecular weight excluding hydrogens is 244 g/mol. The van der Waals surface area contributed by atoms with Crippen LogP contribution < -0.4 is 0 Å². The summed E-state index contributed by atoms with van der Waals surface area (Å²) in [6.45, 7) is 4.24. The first-order valence-corrected chi connectivity index (χ1v) is 6.76. The first-order chi connectivity index (χ1) is 9.06. The number of rotatable bonds is 4. The lowest BCUT2D eigenvalue weighted by molar-refractivity contribution is -0.0735. The molecule has 1 saturated heterocycles. The number of likely N-dealkylation sites (N-methyl/N-ethyl adjacent to an activating group) is 1. The van der Waals surface area contributed by atoms with Gasteiger partial charge in [0.1, 0.15) is 5.69 Å². The van der Waals surface area contributed by atoms with Crippen LogP contribution in [0.5, 0.6) is 0 Å². The molecule has 1 aliphatic rings. The normalized spacial score (nSPS) is 18.3. The fourth-order valence-electron chi connectivity index (χ4n) is 2.50. The number of aliphatic hydroxyl groups is 1. The summed E-state index contributed by atoms with van der Waals surface area (Å²) in [5.74, 6) is -0.0493. The molecule has 1 fully saturated rings. The summed E-state index contributed by atoms with van der Waals surface area (Å²) in [6, 6.07) is 3.68. The van der Waals surface area contributed by atoms with Gasteiger partial charge >= 0.3 is 0 Å². The van der Waals surface area contributed by atoms with E-state index in [4.69, 9.17) is 4.74 Å². The minimum atomic E-state index is -0.813. The number of carbonyl (C=O) groups excluding carboxylic acids is 1. The summed E-state index contributed by atoms with van der Waals surface area (Å²) in [4.78, 5) is 14.0. The molecule has 106 valence electrons. The van der Waals surface area contributed by atoms with Crippen molar-refractivity contribution in [3.63, 3.8) is 0 Å². The fraction of sp³-hybridized carbons (Fsp3) is 0.643. The Morgan fingerprint density at radius 2 is 2.21 bits per heavy atom. The Kier molecular flexibility index (Phi) is 4.27. The van der Waals surface area contributed by atoms with E-state index in [1.807, 2.05) is 29.8 Å². The third-order valence-electron chi connectivity index (χ3n) is 3.69. The average molecular weight is 266 g/mol. The minimum absolute atomic E-state index is 0.0493. The second-order valence-corrected chi connectivity index (χ2v) is 5.18. The number of aromatic nitrogens is 1. The number of aryl methyl sites for hydroxylation is 1. The number of nitrogens with zero attached hydrogens (tertiary/aromatic N) is 2. The molecule has 1 aliphatic heterocycles. The smallest absolute Gasteiger partial charge is 0.270 e. The van der Waals surface area contributed by atoms with E-state index in [-0.39, 0.29) is 5.91 Å². The third-order valence-corrected chi connectivity index (χ3v) is 3.69. The predicted octanol–water partition coefficient (Wildman–Crippen LogP) is 1.12. The third kappa shape index (κ3) is 3.16. The Bertz CT molecular complexity index is 436. The van der Waals surface area contributed by atoms with Crippen molar-refractivity contribution in [1.82, 2.24) is 9.47 Å². The van der Waals surface area contributed by atoms with E-state index in [0.717, 1.165) is 6.54 Å². The van der Waals surface area contributed by atoms with Gasteiger partial charge < -0.3 is 19.3 Å². The topological polar surface area (TPSA) is 54.7 Å². The molecule has 1 aromatic heterocycles. The van der Waals surface area contributed by atoms with Crippen LogP contribution in [0.25, 0.3) is 0 Å². The molecule has 0 radical (unpaired) electrons. The van der Waals surface area contributed by atoms with Gasteiger partial charge in [-0.25, -0.2) is 0 Å². The van der Waals surface area contributed by atoms with E-state index in [2.05, 4.69) is 0 Å². The standard InChI is InChI=1S/C14H22N2O3/c1-3-16-8-4-5-12(16)13(17)15(2)11-14(18)6-9-19-10-7-14/h4-5,8,18H,3,6-7,9-11H2,1-2H3. The summed E-state index contributed by atoms with van der Waals surface area (Å²) in [7, 11) is 1.74. The maximum atomic E-state index is 12.4. The zero-order chi connectivity index (χ0) is 13.9. The van der Waals surface area contributed by atoms with Crippen LogP contribution >= 0.6 is 0 Å². The molecule has 19 heavy (non-hydrogen) atoms. The predicted molar refractivity (Wildman–Crippen MR) is 72.1 cm³/mol. The highest BCUT2D eigenvalue weighted by Crippen LogP contribution is 2.22. The van der Waals surface area contributed by atoms with E-state index in [1.54, 1.807) is 11.9 Å². The van der Waals surface area contributed by atoms with Crippen molar-refractivity contribution < 1.29 is 14.6 Å². The van der Waals surface area contributed by atoms with Crippen LogP contribution in [0.2, 0.25) is 0 Å². The number of carbonyl (C=O) groups is 1. The van der Waals surface area contributed by atoms with E-state index >= 15 is 0 Å². The molecule has 0 aromatic carbocycles. The highest BCUT2D eigenvalue weighted by atomic mass is 16.5. The van der Waals surface area contributed by atoms with Gasteiger partial charge in [-0.3, -0.25) is 4.79 Å². The Balaban J connectivity index is 2.03. The molecule has 0 bridgehead atoms. The Hall–Kier alpha value is -1.33. The van der Waals surface area contributed by atoms with Crippen LogP contribution in [0.3, 0.4) is 0 Å². The number of hydrogen-bond acceptors (Lipinski definition) is 3. The first kappa shape index (κ1) is 14.1. The highest BCUT2D eigenvalue weighted by molar-refractivity contribution is 5.92. The SMILES string of the molecule is CCn1cccc1C(=O)N(C)CC1(O)CCOCC1. The molecular formula is C14H22N2O3. The van der Waals surface area contributed by atoms with Crippen LogP contribution in [0, 0.1) is 0 Å². The molecule has 0 spiro atoms. The van der Waals surface area contributed by atoms with E-state index in [0.29, 0.717) is 38.3 Å². The minimum Gasteiger partial charge on any atom is -0.388 e. The van der Waals surface area contributed by atoms with Crippen LogP contribution in [0.1, 0.15) is 30.3 Å².